The number of pyridine rings is 1. The molecule has 2 aliphatic heterocycles. The van der Waals surface area contributed by atoms with Gasteiger partial charge in [-0.15, -0.1) is 0 Å². The van der Waals surface area contributed by atoms with Crippen LogP contribution in [0.1, 0.15) is 11.3 Å². The minimum absolute atomic E-state index is 0.269. The van der Waals surface area contributed by atoms with Gasteiger partial charge < -0.3 is 9.80 Å². The predicted molar refractivity (Wildman–Crippen MR) is 140 cm³/mol. The second-order valence-corrected chi connectivity index (χ2v) is 11.5. The molecule has 3 aromatic rings. The summed E-state index contributed by atoms with van der Waals surface area (Å²) in [5.74, 6) is 1.43. The van der Waals surface area contributed by atoms with Crippen molar-refractivity contribution in [2.45, 2.75) is 17.9 Å². The van der Waals surface area contributed by atoms with Gasteiger partial charge in [-0.05, 0) is 38.4 Å². The van der Waals surface area contributed by atoms with Gasteiger partial charge in [0.05, 0.1) is 10.6 Å². The fourth-order valence-electron chi connectivity index (χ4n) is 4.71. The van der Waals surface area contributed by atoms with E-state index >= 15 is 0 Å². The summed E-state index contributed by atoms with van der Waals surface area (Å²) in [6, 6.07) is 14.4. The number of nitrogens with zero attached hydrogens (tertiary/aromatic N) is 7. The molecule has 10 heteroatoms. The number of hydrogen-bond donors (Lipinski definition) is 0. The van der Waals surface area contributed by atoms with Crippen molar-refractivity contribution < 1.29 is 8.42 Å². The third-order valence-electron chi connectivity index (χ3n) is 6.81. The summed E-state index contributed by atoms with van der Waals surface area (Å²) < 4.78 is 28.3. The average Bonchev–Trinajstić information content (AvgIpc) is 2.92. The fourth-order valence-corrected chi connectivity index (χ4v) is 6.14. The van der Waals surface area contributed by atoms with E-state index < -0.39 is 10.0 Å². The number of sulfonamides is 1. The van der Waals surface area contributed by atoms with E-state index in [0.29, 0.717) is 23.7 Å². The first kappa shape index (κ1) is 24.8. The molecule has 0 radical (unpaired) electrons. The predicted octanol–water partition coefficient (Wildman–Crippen LogP) is 1.97. The van der Waals surface area contributed by atoms with Gasteiger partial charge in [0.15, 0.2) is 5.82 Å². The Morgan fingerprint density at radius 1 is 0.917 bits per heavy atom. The van der Waals surface area contributed by atoms with Crippen LogP contribution in [0.3, 0.4) is 0 Å². The molecule has 0 bridgehead atoms. The second-order valence-electron chi connectivity index (χ2n) is 9.54. The lowest BCUT2D eigenvalue weighted by Gasteiger charge is -2.38. The molecule has 36 heavy (non-hydrogen) atoms. The van der Waals surface area contributed by atoms with Gasteiger partial charge in [0.25, 0.3) is 0 Å². The molecule has 0 amide bonds. The molecule has 0 spiro atoms. The molecular weight excluding hydrogens is 474 g/mol. The van der Waals surface area contributed by atoms with E-state index in [1.807, 2.05) is 24.3 Å². The summed E-state index contributed by atoms with van der Waals surface area (Å²) >= 11 is 0. The van der Waals surface area contributed by atoms with Gasteiger partial charge in [-0.3, -0.25) is 9.88 Å². The van der Waals surface area contributed by atoms with Gasteiger partial charge in [0, 0.05) is 70.5 Å². The Morgan fingerprint density at radius 3 is 2.36 bits per heavy atom. The third-order valence-corrected chi connectivity index (χ3v) is 8.67. The molecule has 0 N–H and O–H groups in total. The highest BCUT2D eigenvalue weighted by Crippen LogP contribution is 2.32. The summed E-state index contributed by atoms with van der Waals surface area (Å²) in [7, 11) is 0.585. The zero-order chi connectivity index (χ0) is 25.1. The normalized spacial score (nSPS) is 17.4. The summed E-state index contributed by atoms with van der Waals surface area (Å²) in [5.41, 5.74) is 2.54. The molecule has 1 aromatic carbocycles. The number of hydrogen-bond acceptors (Lipinski definition) is 8. The highest BCUT2D eigenvalue weighted by molar-refractivity contribution is 7.89. The molecule has 0 saturated carbocycles. The summed E-state index contributed by atoms with van der Waals surface area (Å²) in [6.07, 6.45) is 2.29. The number of piperazine rings is 1. The van der Waals surface area contributed by atoms with E-state index in [1.54, 1.807) is 34.8 Å². The summed E-state index contributed by atoms with van der Waals surface area (Å²) in [6.45, 7) is 6.28. The van der Waals surface area contributed by atoms with Crippen molar-refractivity contribution in [3.05, 3.63) is 66.0 Å². The van der Waals surface area contributed by atoms with Crippen LogP contribution >= 0.6 is 0 Å². The van der Waals surface area contributed by atoms with Gasteiger partial charge in [-0.25, -0.2) is 18.4 Å². The van der Waals surface area contributed by atoms with Crippen LogP contribution < -0.4 is 4.90 Å². The Kier molecular flexibility index (Phi) is 7.29. The molecule has 190 valence electrons. The number of fused-ring (bicyclic) bond motifs is 1. The third kappa shape index (κ3) is 5.27. The lowest BCUT2D eigenvalue weighted by atomic mass is 10.1. The largest absolute Gasteiger partial charge is 0.354 e. The van der Waals surface area contributed by atoms with Crippen molar-refractivity contribution in [2.24, 2.45) is 0 Å². The molecule has 0 atom stereocenters. The topological polar surface area (TPSA) is 85.8 Å². The van der Waals surface area contributed by atoms with Gasteiger partial charge in [0.1, 0.15) is 11.5 Å². The molecule has 0 unspecified atom stereocenters. The molecule has 0 aliphatic carbocycles. The maximum atomic E-state index is 13.4. The Balaban J connectivity index is 1.46. The van der Waals surface area contributed by atoms with Gasteiger partial charge in [-0.2, -0.15) is 4.31 Å². The number of likely N-dealkylation sites (N-methyl/N-ethyl adjacent to an activating group) is 1. The van der Waals surface area contributed by atoms with Crippen LogP contribution in [-0.4, -0.2) is 97.4 Å². The first-order valence-corrected chi connectivity index (χ1v) is 13.8. The van der Waals surface area contributed by atoms with Crippen molar-refractivity contribution in [3.8, 4) is 11.5 Å². The summed E-state index contributed by atoms with van der Waals surface area (Å²) in [5, 5.41) is 0. The van der Waals surface area contributed by atoms with Crippen LogP contribution in [0.25, 0.3) is 11.5 Å². The SMILES string of the molecule is CN(C)CCN1CCN(c2nc(-c3ccccn3)nc3c2CN(S(=O)(=O)c2ccccc2)CC3)CC1. The van der Waals surface area contributed by atoms with E-state index in [1.165, 1.54) is 0 Å². The molecular formula is C26H33N7O2S. The van der Waals surface area contributed by atoms with E-state index in [9.17, 15) is 8.42 Å². The molecule has 1 fully saturated rings. The molecule has 2 aromatic heterocycles. The van der Waals surface area contributed by atoms with Crippen LogP contribution in [0.2, 0.25) is 0 Å². The zero-order valence-electron chi connectivity index (χ0n) is 20.9. The first-order chi connectivity index (χ1) is 17.4. The molecule has 1 saturated heterocycles. The number of anilines is 1. The van der Waals surface area contributed by atoms with Crippen LogP contribution in [-0.2, 0) is 23.0 Å². The van der Waals surface area contributed by atoms with Crippen LogP contribution in [0.15, 0.2) is 59.6 Å². The Hall–Kier alpha value is -2.92. The molecule has 4 heterocycles. The number of benzene rings is 1. The molecule has 2 aliphatic rings. The standard InChI is InChI=1S/C26H33N7O2S/c1-30(2)14-15-31-16-18-32(19-17-31)26-22-20-33(36(34,35)21-8-4-3-5-9-21)13-11-23(22)28-25(29-26)24-10-6-7-12-27-24/h3-10,12H,11,13-20H2,1-2H3. The lowest BCUT2D eigenvalue weighted by molar-refractivity contribution is 0.229. The van der Waals surface area contributed by atoms with E-state index in [0.717, 1.165) is 62.0 Å². The van der Waals surface area contributed by atoms with Crippen molar-refractivity contribution in [3.63, 3.8) is 0 Å². The van der Waals surface area contributed by atoms with Crippen molar-refractivity contribution >= 4 is 15.8 Å². The minimum atomic E-state index is -3.60. The highest BCUT2D eigenvalue weighted by Gasteiger charge is 2.33. The van der Waals surface area contributed by atoms with Crippen molar-refractivity contribution in [1.29, 1.82) is 0 Å². The van der Waals surface area contributed by atoms with E-state index in [4.69, 9.17) is 9.97 Å². The number of aromatic nitrogens is 3. The minimum Gasteiger partial charge on any atom is -0.354 e. The first-order valence-electron chi connectivity index (χ1n) is 12.4. The van der Waals surface area contributed by atoms with E-state index in [2.05, 4.69) is 33.8 Å². The molecule has 5 rings (SSSR count). The Morgan fingerprint density at radius 2 is 1.67 bits per heavy atom. The fraction of sp³-hybridized carbons (Fsp3) is 0.423. The number of rotatable bonds is 7. The van der Waals surface area contributed by atoms with Gasteiger partial charge >= 0.3 is 0 Å². The maximum absolute atomic E-state index is 13.4. The van der Waals surface area contributed by atoms with Gasteiger partial charge in [-0.1, -0.05) is 24.3 Å². The van der Waals surface area contributed by atoms with E-state index in [-0.39, 0.29) is 6.54 Å². The van der Waals surface area contributed by atoms with Crippen LogP contribution in [0.4, 0.5) is 5.82 Å². The summed E-state index contributed by atoms with van der Waals surface area (Å²) in [4.78, 5) is 21.6. The smallest absolute Gasteiger partial charge is 0.243 e. The lowest BCUT2D eigenvalue weighted by Crippen LogP contribution is -2.49. The van der Waals surface area contributed by atoms with Crippen LogP contribution in [0.5, 0.6) is 0 Å². The second kappa shape index (κ2) is 10.6. The van der Waals surface area contributed by atoms with Crippen molar-refractivity contribution in [1.82, 2.24) is 29.1 Å². The monoisotopic (exact) mass is 507 g/mol. The van der Waals surface area contributed by atoms with Crippen LogP contribution in [0, 0.1) is 0 Å². The van der Waals surface area contributed by atoms with Crippen molar-refractivity contribution in [2.75, 3.05) is 64.8 Å². The highest BCUT2D eigenvalue weighted by atomic mass is 32.2. The maximum Gasteiger partial charge on any atom is 0.243 e. The average molecular weight is 508 g/mol. The quantitative estimate of drug-likeness (QED) is 0.480. The molecule has 9 nitrogen and oxygen atoms in total. The Bertz CT molecular complexity index is 1280. The van der Waals surface area contributed by atoms with Gasteiger partial charge in [0.2, 0.25) is 10.0 Å². The zero-order valence-corrected chi connectivity index (χ0v) is 21.7. The Labute approximate surface area is 213 Å².